The van der Waals surface area contributed by atoms with Crippen LogP contribution in [0.25, 0.3) is 5.57 Å². The fraction of sp³-hybridized carbons (Fsp3) is 0.262. The number of benzene rings is 4. The Morgan fingerprint density at radius 1 is 0.609 bits per heavy atom. The van der Waals surface area contributed by atoms with Gasteiger partial charge in [-0.2, -0.15) is 8.42 Å². The van der Waals surface area contributed by atoms with Gasteiger partial charge in [0.25, 0.3) is 0 Å². The topological polar surface area (TPSA) is 54.4 Å². The number of rotatable bonds is 7. The molecule has 4 heteroatoms. The Morgan fingerprint density at radius 3 is 1.65 bits per heavy atom. The Labute approximate surface area is 276 Å². The molecule has 3 nitrogen and oxygen atoms in total. The van der Waals surface area contributed by atoms with E-state index in [0.717, 1.165) is 40.7 Å². The summed E-state index contributed by atoms with van der Waals surface area (Å²) < 4.78 is 35.5. The van der Waals surface area contributed by atoms with Gasteiger partial charge in [-0.3, -0.25) is 4.55 Å². The SMILES string of the molecule is Cc1cc(C)c(Cc2ccc(C(=C3C=CC=C[C+]3S(=O)(=O)O)c3ccc(Cc4c(C)cc(C)c(C)c4C)c(C)c3)cc2C)c(C)c1. The third-order valence-electron chi connectivity index (χ3n) is 9.79. The predicted molar refractivity (Wildman–Crippen MR) is 193 cm³/mol. The van der Waals surface area contributed by atoms with E-state index in [0.29, 0.717) is 5.57 Å². The number of hydrogen-bond donors (Lipinski definition) is 1. The van der Waals surface area contributed by atoms with Crippen molar-refractivity contribution in [3.8, 4) is 0 Å². The summed E-state index contributed by atoms with van der Waals surface area (Å²) in [5.41, 5.74) is 19.6. The van der Waals surface area contributed by atoms with Crippen molar-refractivity contribution in [2.24, 2.45) is 0 Å². The first-order chi connectivity index (χ1) is 21.6. The van der Waals surface area contributed by atoms with Crippen LogP contribution in [0.1, 0.15) is 83.5 Å². The molecule has 0 saturated heterocycles. The summed E-state index contributed by atoms with van der Waals surface area (Å²) >= 11 is 0. The molecule has 5 rings (SSSR count). The lowest BCUT2D eigenvalue weighted by molar-refractivity contribution is 0.487. The standard InChI is InChI=1S/C42H44O3S/c1-25-18-29(5)39(30(6)19-25)23-34-14-16-36(21-27(34)3)42(38-12-10-11-13-41(38)46(43,44)45)37-17-15-35(28(4)22-37)24-40-31(7)20-26(2)32(8)33(40)9/h10-22H,23-24H2,1-9H3/p+1. The van der Waals surface area contributed by atoms with Crippen LogP contribution in [0.4, 0.5) is 0 Å². The second kappa shape index (κ2) is 12.9. The van der Waals surface area contributed by atoms with E-state index in [1.807, 2.05) is 6.08 Å². The highest BCUT2D eigenvalue weighted by atomic mass is 32.2. The molecule has 0 heterocycles. The second-order valence-corrected chi connectivity index (χ2v) is 14.5. The number of allylic oxidation sites excluding steroid dienone is 3. The van der Waals surface area contributed by atoms with Gasteiger partial charge in [0, 0.05) is 35.4 Å². The molecule has 4 aromatic carbocycles. The lowest BCUT2D eigenvalue weighted by Crippen LogP contribution is -2.14. The molecular formula is C42H45O3S+. The van der Waals surface area contributed by atoms with E-state index in [9.17, 15) is 13.0 Å². The molecule has 0 aliphatic heterocycles. The van der Waals surface area contributed by atoms with Gasteiger partial charge in [-0.05, 0) is 166 Å². The maximum atomic E-state index is 12.6. The maximum absolute atomic E-state index is 12.6. The van der Waals surface area contributed by atoms with Crippen LogP contribution >= 0.6 is 0 Å². The van der Waals surface area contributed by atoms with E-state index in [4.69, 9.17) is 0 Å². The molecule has 0 saturated carbocycles. The Morgan fingerprint density at radius 2 is 1.13 bits per heavy atom. The molecule has 0 bridgehead atoms. The molecule has 0 fully saturated rings. The summed E-state index contributed by atoms with van der Waals surface area (Å²) in [6, 6.07) is 19.5. The van der Waals surface area contributed by atoms with Crippen LogP contribution in [0.15, 0.2) is 84.5 Å². The number of aryl methyl sites for hydroxylation is 7. The summed E-state index contributed by atoms with van der Waals surface area (Å²) in [5.74, 6) is 0. The molecule has 1 aliphatic rings. The highest BCUT2D eigenvalue weighted by Crippen LogP contribution is 2.38. The zero-order chi connectivity index (χ0) is 33.5. The van der Waals surface area contributed by atoms with Crippen molar-refractivity contribution >= 4 is 15.7 Å². The van der Waals surface area contributed by atoms with E-state index < -0.39 is 10.1 Å². The monoisotopic (exact) mass is 629 g/mol. The molecule has 0 radical (unpaired) electrons. The summed E-state index contributed by atoms with van der Waals surface area (Å²) in [7, 11) is -4.46. The zero-order valence-corrected chi connectivity index (χ0v) is 29.4. The van der Waals surface area contributed by atoms with Crippen LogP contribution in [0.5, 0.6) is 0 Å². The van der Waals surface area contributed by atoms with Crippen molar-refractivity contribution in [2.45, 2.75) is 75.2 Å². The fourth-order valence-corrected chi connectivity index (χ4v) is 7.65. The van der Waals surface area contributed by atoms with Crippen LogP contribution < -0.4 is 0 Å². The third kappa shape index (κ3) is 6.70. The first kappa shape index (κ1) is 33.2. The summed E-state index contributed by atoms with van der Waals surface area (Å²) in [4.78, 5) is 0. The lowest BCUT2D eigenvalue weighted by Gasteiger charge is -2.18. The Bertz CT molecular complexity index is 2030. The Kier molecular flexibility index (Phi) is 9.35. The van der Waals surface area contributed by atoms with Gasteiger partial charge in [0.2, 0.25) is 0 Å². The van der Waals surface area contributed by atoms with E-state index in [1.165, 1.54) is 67.3 Å². The summed E-state index contributed by atoms with van der Waals surface area (Å²) in [6.45, 7) is 19.5. The van der Waals surface area contributed by atoms with Gasteiger partial charge >= 0.3 is 10.1 Å². The van der Waals surface area contributed by atoms with E-state index in [-0.39, 0.29) is 5.25 Å². The van der Waals surface area contributed by atoms with E-state index >= 15 is 0 Å². The van der Waals surface area contributed by atoms with Crippen LogP contribution in [0.3, 0.4) is 0 Å². The van der Waals surface area contributed by atoms with Crippen LogP contribution in [0, 0.1) is 67.6 Å². The van der Waals surface area contributed by atoms with E-state index in [2.05, 4.69) is 117 Å². The molecule has 236 valence electrons. The number of hydrogen-bond acceptors (Lipinski definition) is 2. The molecule has 4 aromatic rings. The van der Waals surface area contributed by atoms with Crippen molar-refractivity contribution in [1.29, 1.82) is 0 Å². The van der Waals surface area contributed by atoms with Gasteiger partial charge in [-0.1, -0.05) is 35.9 Å². The second-order valence-electron chi connectivity index (χ2n) is 13.1. The molecule has 0 unspecified atom stereocenters. The van der Waals surface area contributed by atoms with Crippen molar-refractivity contribution < 1.29 is 13.0 Å². The average molecular weight is 630 g/mol. The van der Waals surface area contributed by atoms with Crippen molar-refractivity contribution in [2.75, 3.05) is 0 Å². The van der Waals surface area contributed by atoms with Gasteiger partial charge in [-0.15, -0.1) is 0 Å². The van der Waals surface area contributed by atoms with Crippen molar-refractivity contribution in [3.63, 3.8) is 0 Å². The van der Waals surface area contributed by atoms with Crippen molar-refractivity contribution in [1.82, 2.24) is 0 Å². The van der Waals surface area contributed by atoms with Gasteiger partial charge in [0.1, 0.15) is 5.57 Å². The van der Waals surface area contributed by atoms with Gasteiger partial charge < -0.3 is 0 Å². The largest absolute Gasteiger partial charge is 0.331 e. The molecular weight excluding hydrogens is 585 g/mol. The van der Waals surface area contributed by atoms with Crippen LogP contribution in [-0.4, -0.2) is 13.0 Å². The predicted octanol–water partition coefficient (Wildman–Crippen LogP) is 9.99. The van der Waals surface area contributed by atoms with E-state index in [1.54, 1.807) is 12.2 Å². The van der Waals surface area contributed by atoms with Crippen molar-refractivity contribution in [3.05, 3.63) is 173 Å². The highest BCUT2D eigenvalue weighted by Gasteiger charge is 2.36. The molecule has 0 atom stereocenters. The fourth-order valence-electron chi connectivity index (χ4n) is 6.95. The minimum absolute atomic E-state index is 0.0965. The zero-order valence-electron chi connectivity index (χ0n) is 28.6. The maximum Gasteiger partial charge on any atom is 0.331 e. The molecule has 46 heavy (non-hydrogen) atoms. The van der Waals surface area contributed by atoms with Gasteiger partial charge in [0.05, 0.1) is 5.57 Å². The van der Waals surface area contributed by atoms with Gasteiger partial charge in [-0.25, -0.2) is 0 Å². The first-order valence-electron chi connectivity index (χ1n) is 15.9. The molecule has 0 amide bonds. The lowest BCUT2D eigenvalue weighted by atomic mass is 9.85. The third-order valence-corrected chi connectivity index (χ3v) is 10.7. The Hall–Kier alpha value is -4.12. The quantitative estimate of drug-likeness (QED) is 0.164. The summed E-state index contributed by atoms with van der Waals surface area (Å²) in [5, 5.41) is -0.0965. The van der Waals surface area contributed by atoms with Gasteiger partial charge in [0.15, 0.2) is 5.25 Å². The van der Waals surface area contributed by atoms with Crippen LogP contribution in [0.2, 0.25) is 0 Å². The van der Waals surface area contributed by atoms with Crippen LogP contribution in [-0.2, 0) is 23.0 Å². The molecule has 1 aliphatic carbocycles. The minimum atomic E-state index is -4.46. The summed E-state index contributed by atoms with van der Waals surface area (Å²) in [6.07, 6.45) is 8.38. The highest BCUT2D eigenvalue weighted by molar-refractivity contribution is 7.89. The molecule has 1 N–H and O–H groups in total. The first-order valence-corrected chi connectivity index (χ1v) is 17.4. The Balaban J connectivity index is 1.62. The smallest absolute Gasteiger partial charge is 0.274 e. The molecule has 0 spiro atoms. The average Bonchev–Trinajstić information content (AvgIpc) is 2.98. The molecule has 0 aromatic heterocycles. The normalized spacial score (nSPS) is 14.3. The minimum Gasteiger partial charge on any atom is -0.274 e.